The number of benzene rings is 2. The molecule has 3 nitrogen and oxygen atoms in total. The molecule has 1 aromatic heterocycles. The standard InChI is InChI=1S/C20H14FN3/c21-16-10-8-14(9-11-16)18-20(13-22,15-5-2-1-3-6-15)19-17(24-18)7-4-12-23-19/h1-12,18,24H/t18-,20-/m0/s1. The molecular weight excluding hydrogens is 301 g/mol. The summed E-state index contributed by atoms with van der Waals surface area (Å²) in [7, 11) is 0. The van der Waals surface area contributed by atoms with E-state index in [1.54, 1.807) is 18.3 Å². The zero-order valence-corrected chi connectivity index (χ0v) is 12.8. The van der Waals surface area contributed by atoms with Crippen LogP contribution in [0.5, 0.6) is 0 Å². The summed E-state index contributed by atoms with van der Waals surface area (Å²) in [6.07, 6.45) is 1.70. The summed E-state index contributed by atoms with van der Waals surface area (Å²) < 4.78 is 13.3. The lowest BCUT2D eigenvalue weighted by Gasteiger charge is -2.29. The fourth-order valence-electron chi connectivity index (χ4n) is 3.41. The average Bonchev–Trinajstić information content (AvgIpc) is 2.98. The minimum atomic E-state index is -0.963. The van der Waals surface area contributed by atoms with Gasteiger partial charge < -0.3 is 5.32 Å². The van der Waals surface area contributed by atoms with Crippen LogP contribution in [0, 0.1) is 17.1 Å². The first-order valence-electron chi connectivity index (χ1n) is 7.70. The second kappa shape index (κ2) is 5.47. The highest BCUT2D eigenvalue weighted by Gasteiger charge is 2.51. The number of hydrogen-bond donors (Lipinski definition) is 1. The number of nitrogens with one attached hydrogen (secondary N) is 1. The molecular formula is C20H14FN3. The van der Waals surface area contributed by atoms with Gasteiger partial charge in [0.15, 0.2) is 5.41 Å². The normalized spacial score (nSPS) is 21.6. The zero-order valence-electron chi connectivity index (χ0n) is 12.8. The lowest BCUT2D eigenvalue weighted by atomic mass is 9.72. The summed E-state index contributed by atoms with van der Waals surface area (Å²) in [4.78, 5) is 4.49. The van der Waals surface area contributed by atoms with Crippen molar-refractivity contribution in [3.05, 3.63) is 95.6 Å². The van der Waals surface area contributed by atoms with Gasteiger partial charge in [-0.05, 0) is 35.4 Å². The first-order chi connectivity index (χ1) is 11.8. The number of fused-ring (bicyclic) bond motifs is 1. The summed E-state index contributed by atoms with van der Waals surface area (Å²) >= 11 is 0. The summed E-state index contributed by atoms with van der Waals surface area (Å²) in [6.45, 7) is 0. The predicted octanol–water partition coefficient (Wildman–Crippen LogP) is 4.20. The summed E-state index contributed by atoms with van der Waals surface area (Å²) in [6, 6.07) is 21.8. The zero-order chi connectivity index (χ0) is 16.6. The highest BCUT2D eigenvalue weighted by molar-refractivity contribution is 5.68. The van der Waals surface area contributed by atoms with Crippen LogP contribution in [0.2, 0.25) is 0 Å². The largest absolute Gasteiger partial charge is 0.374 e. The SMILES string of the molecule is N#C[C@@]1(c2ccccc2)c2ncccc2N[C@H]1c1ccc(F)cc1. The van der Waals surface area contributed by atoms with Gasteiger partial charge in [0, 0.05) is 6.20 Å². The molecule has 2 atom stereocenters. The highest BCUT2D eigenvalue weighted by Crippen LogP contribution is 2.51. The number of anilines is 1. The third-order valence-electron chi connectivity index (χ3n) is 4.52. The minimum absolute atomic E-state index is 0.297. The van der Waals surface area contributed by atoms with Crippen LogP contribution in [0.25, 0.3) is 0 Å². The van der Waals surface area contributed by atoms with Crippen LogP contribution in [-0.4, -0.2) is 4.98 Å². The Morgan fingerprint density at radius 3 is 2.46 bits per heavy atom. The Morgan fingerprint density at radius 1 is 1.00 bits per heavy atom. The van der Waals surface area contributed by atoms with Gasteiger partial charge in [-0.25, -0.2) is 4.39 Å². The smallest absolute Gasteiger partial charge is 0.150 e. The Hall–Kier alpha value is -3.19. The second-order valence-corrected chi connectivity index (χ2v) is 5.81. The van der Waals surface area contributed by atoms with Crippen molar-refractivity contribution < 1.29 is 4.39 Å². The van der Waals surface area contributed by atoms with Gasteiger partial charge in [0.05, 0.1) is 23.5 Å². The molecule has 0 saturated heterocycles. The lowest BCUT2D eigenvalue weighted by molar-refractivity contribution is 0.571. The van der Waals surface area contributed by atoms with Crippen molar-refractivity contribution in [1.29, 1.82) is 5.26 Å². The maximum Gasteiger partial charge on any atom is 0.150 e. The Kier molecular flexibility index (Phi) is 3.28. The number of hydrogen-bond acceptors (Lipinski definition) is 3. The first kappa shape index (κ1) is 14.4. The number of halogens is 1. The number of nitrogens with zero attached hydrogens (tertiary/aromatic N) is 2. The van der Waals surface area contributed by atoms with E-state index in [4.69, 9.17) is 0 Å². The van der Waals surface area contributed by atoms with Gasteiger partial charge in [0.25, 0.3) is 0 Å². The van der Waals surface area contributed by atoms with Gasteiger partial charge in [-0.3, -0.25) is 4.98 Å². The van der Waals surface area contributed by atoms with E-state index < -0.39 is 5.41 Å². The molecule has 4 heteroatoms. The third kappa shape index (κ3) is 1.99. The molecule has 4 rings (SSSR count). The Bertz CT molecular complexity index is 916. The summed E-state index contributed by atoms with van der Waals surface area (Å²) in [5, 5.41) is 13.6. The van der Waals surface area contributed by atoms with E-state index >= 15 is 0 Å². The Balaban J connectivity index is 1.97. The van der Waals surface area contributed by atoms with Crippen LogP contribution < -0.4 is 5.32 Å². The average molecular weight is 315 g/mol. The van der Waals surface area contributed by atoms with Crippen LogP contribution >= 0.6 is 0 Å². The molecule has 2 heterocycles. The summed E-state index contributed by atoms with van der Waals surface area (Å²) in [5.74, 6) is -0.297. The van der Waals surface area contributed by atoms with Gasteiger partial charge in [0.2, 0.25) is 0 Å². The van der Waals surface area contributed by atoms with Crippen LogP contribution in [0.4, 0.5) is 10.1 Å². The molecule has 0 saturated carbocycles. The molecule has 24 heavy (non-hydrogen) atoms. The van der Waals surface area contributed by atoms with E-state index in [0.717, 1.165) is 16.8 Å². The molecule has 0 bridgehead atoms. The maximum atomic E-state index is 13.3. The van der Waals surface area contributed by atoms with Crippen molar-refractivity contribution in [2.75, 3.05) is 5.32 Å². The topological polar surface area (TPSA) is 48.7 Å². The molecule has 1 aliphatic rings. The van der Waals surface area contributed by atoms with Crippen molar-refractivity contribution >= 4 is 5.69 Å². The summed E-state index contributed by atoms with van der Waals surface area (Å²) in [5.41, 5.74) is 2.28. The van der Waals surface area contributed by atoms with E-state index in [0.29, 0.717) is 5.69 Å². The Labute approximate surface area is 139 Å². The molecule has 2 aromatic carbocycles. The quantitative estimate of drug-likeness (QED) is 0.771. The van der Waals surface area contributed by atoms with Gasteiger partial charge in [-0.15, -0.1) is 0 Å². The minimum Gasteiger partial charge on any atom is -0.374 e. The monoisotopic (exact) mass is 315 g/mol. The van der Waals surface area contributed by atoms with Crippen LogP contribution in [0.1, 0.15) is 22.9 Å². The third-order valence-corrected chi connectivity index (χ3v) is 4.52. The molecule has 1 N–H and O–H groups in total. The van der Waals surface area contributed by atoms with Crippen molar-refractivity contribution in [3.63, 3.8) is 0 Å². The van der Waals surface area contributed by atoms with Gasteiger partial charge >= 0.3 is 0 Å². The Morgan fingerprint density at radius 2 is 1.75 bits per heavy atom. The van der Waals surface area contributed by atoms with Crippen molar-refractivity contribution in [2.24, 2.45) is 0 Å². The molecule has 0 unspecified atom stereocenters. The second-order valence-electron chi connectivity index (χ2n) is 5.81. The number of nitriles is 1. The van der Waals surface area contributed by atoms with Gasteiger partial charge in [-0.2, -0.15) is 5.26 Å². The van der Waals surface area contributed by atoms with Crippen LogP contribution in [0.3, 0.4) is 0 Å². The molecule has 0 amide bonds. The highest BCUT2D eigenvalue weighted by atomic mass is 19.1. The van der Waals surface area contributed by atoms with E-state index in [9.17, 15) is 9.65 Å². The van der Waals surface area contributed by atoms with E-state index in [-0.39, 0.29) is 11.9 Å². The molecule has 3 aromatic rings. The fraction of sp³-hybridized carbons (Fsp3) is 0.100. The molecule has 0 radical (unpaired) electrons. The lowest BCUT2D eigenvalue weighted by Crippen LogP contribution is -2.32. The fourth-order valence-corrected chi connectivity index (χ4v) is 3.41. The van der Waals surface area contributed by atoms with Crippen molar-refractivity contribution in [1.82, 2.24) is 4.98 Å². The van der Waals surface area contributed by atoms with Gasteiger partial charge in [-0.1, -0.05) is 42.5 Å². The predicted molar refractivity (Wildman–Crippen MR) is 89.8 cm³/mol. The van der Waals surface area contributed by atoms with E-state index in [1.807, 2.05) is 42.5 Å². The number of aromatic nitrogens is 1. The van der Waals surface area contributed by atoms with Crippen molar-refractivity contribution in [3.8, 4) is 6.07 Å². The molecule has 1 aliphatic heterocycles. The molecule has 0 spiro atoms. The van der Waals surface area contributed by atoms with E-state index in [2.05, 4.69) is 16.4 Å². The molecule has 0 fully saturated rings. The molecule has 116 valence electrons. The van der Waals surface area contributed by atoms with Crippen molar-refractivity contribution in [2.45, 2.75) is 11.5 Å². The van der Waals surface area contributed by atoms with Crippen LogP contribution in [-0.2, 0) is 5.41 Å². The number of rotatable bonds is 2. The van der Waals surface area contributed by atoms with E-state index in [1.165, 1.54) is 12.1 Å². The number of pyridine rings is 1. The van der Waals surface area contributed by atoms with Gasteiger partial charge in [0.1, 0.15) is 5.82 Å². The van der Waals surface area contributed by atoms with Crippen LogP contribution in [0.15, 0.2) is 72.9 Å². The maximum absolute atomic E-state index is 13.3. The molecule has 0 aliphatic carbocycles. The first-order valence-corrected chi connectivity index (χ1v) is 7.70.